The van der Waals surface area contributed by atoms with Crippen LogP contribution in [-0.4, -0.2) is 5.71 Å². The van der Waals surface area contributed by atoms with Gasteiger partial charge in [0.25, 0.3) is 0 Å². The van der Waals surface area contributed by atoms with Crippen LogP contribution in [0.5, 0.6) is 0 Å². The zero-order chi connectivity index (χ0) is 8.85. The summed E-state index contributed by atoms with van der Waals surface area (Å²) in [5.74, 6) is 1.32. The van der Waals surface area contributed by atoms with Crippen LogP contribution < -0.4 is 0 Å². The van der Waals surface area contributed by atoms with Crippen LogP contribution >= 0.6 is 0 Å². The van der Waals surface area contributed by atoms with E-state index in [4.69, 9.17) is 5.41 Å². The second kappa shape index (κ2) is 5.34. The molecule has 0 aliphatic carbocycles. The third kappa shape index (κ3) is 5.00. The number of hydrogen-bond donors (Lipinski definition) is 1. The SMILES string of the molecule is CC[C@@H](C)CC[C@@H](C)C(C)=N. The number of nitrogens with one attached hydrogen (secondary N) is 1. The van der Waals surface area contributed by atoms with Crippen molar-refractivity contribution in [3.05, 3.63) is 0 Å². The largest absolute Gasteiger partial charge is 0.310 e. The van der Waals surface area contributed by atoms with Crippen LogP contribution in [0.15, 0.2) is 0 Å². The first-order chi connectivity index (χ1) is 5.07. The molecule has 0 aliphatic heterocycles. The third-order valence-corrected chi connectivity index (χ3v) is 2.53. The van der Waals surface area contributed by atoms with Crippen molar-refractivity contribution >= 4 is 5.71 Å². The highest BCUT2D eigenvalue weighted by Gasteiger charge is 2.06. The lowest BCUT2D eigenvalue weighted by atomic mass is 9.94. The monoisotopic (exact) mass is 155 g/mol. The van der Waals surface area contributed by atoms with E-state index in [9.17, 15) is 0 Å². The van der Waals surface area contributed by atoms with Gasteiger partial charge in [-0.15, -0.1) is 0 Å². The minimum Gasteiger partial charge on any atom is -0.310 e. The summed E-state index contributed by atoms with van der Waals surface area (Å²) >= 11 is 0. The van der Waals surface area contributed by atoms with E-state index >= 15 is 0 Å². The lowest BCUT2D eigenvalue weighted by molar-refractivity contribution is 0.467. The van der Waals surface area contributed by atoms with Crippen molar-refractivity contribution in [2.24, 2.45) is 11.8 Å². The van der Waals surface area contributed by atoms with E-state index in [1.165, 1.54) is 19.3 Å². The Morgan fingerprint density at radius 3 is 2.18 bits per heavy atom. The van der Waals surface area contributed by atoms with E-state index in [-0.39, 0.29) is 0 Å². The first-order valence-corrected chi connectivity index (χ1v) is 4.63. The Balaban J connectivity index is 3.45. The van der Waals surface area contributed by atoms with Gasteiger partial charge >= 0.3 is 0 Å². The molecule has 1 heteroatoms. The Morgan fingerprint density at radius 2 is 1.82 bits per heavy atom. The lowest BCUT2D eigenvalue weighted by Crippen LogP contribution is -2.07. The molecule has 2 atom stereocenters. The molecule has 66 valence electrons. The minimum atomic E-state index is 0.490. The maximum atomic E-state index is 7.40. The molecule has 0 aromatic rings. The standard InChI is InChI=1S/C10H21N/c1-5-8(2)6-7-9(3)10(4)11/h8-9,11H,5-7H2,1-4H3/t8-,9-/m1/s1. The quantitative estimate of drug-likeness (QED) is 0.588. The molecule has 0 fully saturated rings. The molecule has 0 bridgehead atoms. The van der Waals surface area contributed by atoms with Gasteiger partial charge in [0, 0.05) is 5.71 Å². The highest BCUT2D eigenvalue weighted by atomic mass is 14.4. The average Bonchev–Trinajstić information content (AvgIpc) is 1.99. The Hall–Kier alpha value is -0.330. The van der Waals surface area contributed by atoms with Gasteiger partial charge in [-0.25, -0.2) is 0 Å². The van der Waals surface area contributed by atoms with E-state index in [1.807, 2.05) is 6.92 Å². The predicted octanol–water partition coefficient (Wildman–Crippen LogP) is 3.49. The van der Waals surface area contributed by atoms with Crippen LogP contribution in [0, 0.1) is 17.2 Å². The molecule has 0 heterocycles. The topological polar surface area (TPSA) is 23.9 Å². The molecule has 0 unspecified atom stereocenters. The highest BCUT2D eigenvalue weighted by Crippen LogP contribution is 2.15. The summed E-state index contributed by atoms with van der Waals surface area (Å²) in [5.41, 5.74) is 0.827. The average molecular weight is 155 g/mol. The van der Waals surface area contributed by atoms with E-state index in [0.29, 0.717) is 5.92 Å². The van der Waals surface area contributed by atoms with Crippen molar-refractivity contribution in [1.29, 1.82) is 5.41 Å². The summed E-state index contributed by atoms with van der Waals surface area (Å²) in [6.45, 7) is 8.56. The van der Waals surface area contributed by atoms with Gasteiger partial charge in [0.1, 0.15) is 0 Å². The first-order valence-electron chi connectivity index (χ1n) is 4.63. The second-order valence-electron chi connectivity index (χ2n) is 3.67. The zero-order valence-corrected chi connectivity index (χ0v) is 8.28. The fourth-order valence-electron chi connectivity index (χ4n) is 0.955. The summed E-state index contributed by atoms with van der Waals surface area (Å²) in [7, 11) is 0. The van der Waals surface area contributed by atoms with Gasteiger partial charge in [0.2, 0.25) is 0 Å². The van der Waals surface area contributed by atoms with Crippen molar-refractivity contribution in [1.82, 2.24) is 0 Å². The smallest absolute Gasteiger partial charge is 0.00863 e. The number of rotatable bonds is 5. The van der Waals surface area contributed by atoms with E-state index in [0.717, 1.165) is 11.6 Å². The summed E-state index contributed by atoms with van der Waals surface area (Å²) in [6, 6.07) is 0. The highest BCUT2D eigenvalue weighted by molar-refractivity contribution is 5.80. The maximum Gasteiger partial charge on any atom is 0.00863 e. The van der Waals surface area contributed by atoms with Crippen LogP contribution in [0.2, 0.25) is 0 Å². The minimum absolute atomic E-state index is 0.490. The molecular formula is C10H21N. The Labute approximate surface area is 70.7 Å². The van der Waals surface area contributed by atoms with E-state index < -0.39 is 0 Å². The van der Waals surface area contributed by atoms with Crippen LogP contribution in [0.25, 0.3) is 0 Å². The van der Waals surface area contributed by atoms with E-state index in [1.54, 1.807) is 0 Å². The van der Waals surface area contributed by atoms with Crippen molar-refractivity contribution in [3.8, 4) is 0 Å². The van der Waals surface area contributed by atoms with Crippen LogP contribution in [-0.2, 0) is 0 Å². The molecule has 1 nitrogen and oxygen atoms in total. The van der Waals surface area contributed by atoms with Gasteiger partial charge in [0.15, 0.2) is 0 Å². The molecule has 0 aromatic carbocycles. The Bertz CT molecular complexity index is 118. The molecular weight excluding hydrogens is 134 g/mol. The first kappa shape index (κ1) is 10.7. The van der Waals surface area contributed by atoms with Gasteiger partial charge in [-0.1, -0.05) is 33.6 Å². The Kier molecular flexibility index (Phi) is 5.18. The lowest BCUT2D eigenvalue weighted by Gasteiger charge is -2.12. The normalized spacial score (nSPS) is 16.0. The van der Waals surface area contributed by atoms with Crippen LogP contribution in [0.4, 0.5) is 0 Å². The molecule has 0 aliphatic rings. The molecule has 0 radical (unpaired) electrons. The van der Waals surface area contributed by atoms with Crippen LogP contribution in [0.3, 0.4) is 0 Å². The van der Waals surface area contributed by atoms with Crippen molar-refractivity contribution in [3.63, 3.8) is 0 Å². The summed E-state index contributed by atoms with van der Waals surface area (Å²) in [5, 5.41) is 7.40. The van der Waals surface area contributed by atoms with Crippen LogP contribution in [0.1, 0.15) is 47.0 Å². The van der Waals surface area contributed by atoms with Gasteiger partial charge in [-0.2, -0.15) is 0 Å². The van der Waals surface area contributed by atoms with Gasteiger partial charge in [0.05, 0.1) is 0 Å². The summed E-state index contributed by atoms with van der Waals surface area (Å²) in [6.07, 6.45) is 3.72. The molecule has 0 spiro atoms. The number of hydrogen-bond acceptors (Lipinski definition) is 1. The fraction of sp³-hybridized carbons (Fsp3) is 0.900. The summed E-state index contributed by atoms with van der Waals surface area (Å²) in [4.78, 5) is 0. The molecule has 0 aromatic heterocycles. The maximum absolute atomic E-state index is 7.40. The molecule has 1 N–H and O–H groups in total. The summed E-state index contributed by atoms with van der Waals surface area (Å²) < 4.78 is 0. The van der Waals surface area contributed by atoms with Gasteiger partial charge in [-0.3, -0.25) is 0 Å². The third-order valence-electron chi connectivity index (χ3n) is 2.53. The van der Waals surface area contributed by atoms with Crippen molar-refractivity contribution in [2.45, 2.75) is 47.0 Å². The zero-order valence-electron chi connectivity index (χ0n) is 8.28. The molecule has 0 amide bonds. The van der Waals surface area contributed by atoms with E-state index in [2.05, 4.69) is 20.8 Å². The van der Waals surface area contributed by atoms with Crippen molar-refractivity contribution < 1.29 is 0 Å². The van der Waals surface area contributed by atoms with Crippen molar-refractivity contribution in [2.75, 3.05) is 0 Å². The Morgan fingerprint density at radius 1 is 1.27 bits per heavy atom. The van der Waals surface area contributed by atoms with Gasteiger partial charge in [-0.05, 0) is 25.2 Å². The fourth-order valence-corrected chi connectivity index (χ4v) is 0.955. The molecule has 0 saturated heterocycles. The predicted molar refractivity (Wildman–Crippen MR) is 51.3 cm³/mol. The molecule has 11 heavy (non-hydrogen) atoms. The molecule has 0 rings (SSSR count). The van der Waals surface area contributed by atoms with Gasteiger partial charge < -0.3 is 5.41 Å². The molecule has 0 saturated carbocycles. The second-order valence-corrected chi connectivity index (χ2v) is 3.67.